The number of carbonyl (C=O) groups excluding carboxylic acids is 1. The maximum atomic E-state index is 13.8. The maximum Gasteiger partial charge on any atom is 0.340 e. The summed E-state index contributed by atoms with van der Waals surface area (Å²) in [6, 6.07) is 9.37. The summed E-state index contributed by atoms with van der Waals surface area (Å²) in [5.74, 6) is -0.898. The number of anilines is 1. The van der Waals surface area contributed by atoms with E-state index in [2.05, 4.69) is 4.74 Å². The van der Waals surface area contributed by atoms with Gasteiger partial charge in [-0.25, -0.2) is 9.18 Å². The van der Waals surface area contributed by atoms with E-state index in [-0.39, 0.29) is 17.0 Å². The summed E-state index contributed by atoms with van der Waals surface area (Å²) in [5, 5.41) is 0. The van der Waals surface area contributed by atoms with Crippen molar-refractivity contribution in [3.8, 4) is 11.5 Å². The van der Waals surface area contributed by atoms with E-state index in [9.17, 15) is 9.18 Å². The zero-order valence-corrected chi connectivity index (χ0v) is 11.1. The van der Waals surface area contributed by atoms with E-state index in [0.717, 1.165) is 11.6 Å². The Labute approximate surface area is 115 Å². The summed E-state index contributed by atoms with van der Waals surface area (Å²) in [6.07, 6.45) is 0. The van der Waals surface area contributed by atoms with Gasteiger partial charge in [-0.2, -0.15) is 0 Å². The number of rotatable bonds is 3. The first-order valence-corrected chi connectivity index (χ1v) is 5.93. The van der Waals surface area contributed by atoms with Gasteiger partial charge in [0, 0.05) is 17.8 Å². The Morgan fingerprint density at radius 1 is 1.20 bits per heavy atom. The molecule has 2 rings (SSSR count). The van der Waals surface area contributed by atoms with Gasteiger partial charge in [-0.05, 0) is 19.1 Å². The molecule has 0 amide bonds. The first-order chi connectivity index (χ1) is 9.51. The Bertz CT molecular complexity index is 638. The molecule has 0 saturated carbocycles. The summed E-state index contributed by atoms with van der Waals surface area (Å²) in [7, 11) is 1.23. The molecule has 0 atom stereocenters. The lowest BCUT2D eigenvalue weighted by atomic mass is 10.1. The molecule has 0 aliphatic carbocycles. The van der Waals surface area contributed by atoms with Gasteiger partial charge >= 0.3 is 5.97 Å². The van der Waals surface area contributed by atoms with E-state index in [0.29, 0.717) is 5.75 Å². The molecule has 0 heterocycles. The van der Waals surface area contributed by atoms with E-state index < -0.39 is 11.8 Å². The average molecular weight is 275 g/mol. The van der Waals surface area contributed by atoms with Crippen LogP contribution in [-0.4, -0.2) is 13.1 Å². The third-order valence-electron chi connectivity index (χ3n) is 2.76. The first-order valence-electron chi connectivity index (χ1n) is 5.93. The monoisotopic (exact) mass is 275 g/mol. The van der Waals surface area contributed by atoms with Crippen LogP contribution in [0.2, 0.25) is 0 Å². The number of halogens is 1. The van der Waals surface area contributed by atoms with Gasteiger partial charge < -0.3 is 15.2 Å². The summed E-state index contributed by atoms with van der Waals surface area (Å²) < 4.78 is 23.8. The molecule has 0 aromatic heterocycles. The fourth-order valence-electron chi connectivity index (χ4n) is 1.67. The third-order valence-corrected chi connectivity index (χ3v) is 2.76. The first kappa shape index (κ1) is 13.9. The molecule has 4 nitrogen and oxygen atoms in total. The smallest absolute Gasteiger partial charge is 0.340 e. The van der Waals surface area contributed by atoms with Gasteiger partial charge in [0.25, 0.3) is 0 Å². The van der Waals surface area contributed by atoms with E-state index in [1.807, 2.05) is 19.1 Å². The maximum absolute atomic E-state index is 13.8. The molecule has 0 saturated heterocycles. The van der Waals surface area contributed by atoms with Crippen LogP contribution in [0.25, 0.3) is 0 Å². The second-order valence-electron chi connectivity index (χ2n) is 4.28. The molecule has 2 N–H and O–H groups in total. The predicted molar refractivity (Wildman–Crippen MR) is 73.4 cm³/mol. The molecular weight excluding hydrogens is 261 g/mol. The molecule has 0 fully saturated rings. The van der Waals surface area contributed by atoms with E-state index in [1.54, 1.807) is 12.1 Å². The van der Waals surface area contributed by atoms with Crippen molar-refractivity contribution in [2.24, 2.45) is 0 Å². The molecule has 0 spiro atoms. The Morgan fingerprint density at radius 2 is 1.85 bits per heavy atom. The SMILES string of the molecule is COC(=O)c1cc(Oc2ccc(C)cc2)c(F)cc1N. The fourth-order valence-corrected chi connectivity index (χ4v) is 1.67. The van der Waals surface area contributed by atoms with Crippen LogP contribution >= 0.6 is 0 Å². The van der Waals surface area contributed by atoms with Gasteiger partial charge in [0.05, 0.1) is 12.7 Å². The molecule has 0 unspecified atom stereocenters. The van der Waals surface area contributed by atoms with Gasteiger partial charge in [-0.3, -0.25) is 0 Å². The molecule has 2 aromatic carbocycles. The van der Waals surface area contributed by atoms with Crippen LogP contribution in [0.15, 0.2) is 36.4 Å². The average Bonchev–Trinajstić information content (AvgIpc) is 2.43. The number of methoxy groups -OCH3 is 1. The fraction of sp³-hybridized carbons (Fsp3) is 0.133. The Morgan fingerprint density at radius 3 is 2.45 bits per heavy atom. The Balaban J connectivity index is 2.36. The molecule has 20 heavy (non-hydrogen) atoms. The molecule has 5 heteroatoms. The van der Waals surface area contributed by atoms with Crippen molar-refractivity contribution in [3.63, 3.8) is 0 Å². The standard InChI is InChI=1S/C15H14FNO3/c1-9-3-5-10(6-4-9)20-14-7-11(15(18)19-2)13(17)8-12(14)16/h3-8H,17H2,1-2H3. The number of benzene rings is 2. The highest BCUT2D eigenvalue weighted by Gasteiger charge is 2.16. The quantitative estimate of drug-likeness (QED) is 0.689. The number of esters is 1. The highest BCUT2D eigenvalue weighted by Crippen LogP contribution is 2.29. The summed E-state index contributed by atoms with van der Waals surface area (Å²) >= 11 is 0. The highest BCUT2D eigenvalue weighted by atomic mass is 19.1. The summed E-state index contributed by atoms with van der Waals surface area (Å²) in [5.41, 5.74) is 6.72. The number of nitrogens with two attached hydrogens (primary N) is 1. The van der Waals surface area contributed by atoms with Gasteiger partial charge in [0.2, 0.25) is 0 Å². The topological polar surface area (TPSA) is 61.5 Å². The van der Waals surface area contributed by atoms with Gasteiger partial charge in [0.15, 0.2) is 11.6 Å². The number of hydrogen-bond acceptors (Lipinski definition) is 4. The lowest BCUT2D eigenvalue weighted by Crippen LogP contribution is -2.06. The van der Waals surface area contributed by atoms with Crippen LogP contribution in [0, 0.1) is 12.7 Å². The zero-order valence-electron chi connectivity index (χ0n) is 11.1. The number of hydrogen-bond donors (Lipinski definition) is 1. The molecular formula is C15H14FNO3. The minimum atomic E-state index is -0.643. The van der Waals surface area contributed by atoms with Gasteiger partial charge in [-0.1, -0.05) is 17.7 Å². The number of carbonyl (C=O) groups is 1. The van der Waals surface area contributed by atoms with E-state index >= 15 is 0 Å². The van der Waals surface area contributed by atoms with Crippen LogP contribution in [0.5, 0.6) is 11.5 Å². The lowest BCUT2D eigenvalue weighted by molar-refractivity contribution is 0.0601. The lowest BCUT2D eigenvalue weighted by Gasteiger charge is -2.10. The van der Waals surface area contributed by atoms with Crippen LogP contribution < -0.4 is 10.5 Å². The Kier molecular flexibility index (Phi) is 3.89. The largest absolute Gasteiger partial charge is 0.465 e. The van der Waals surface area contributed by atoms with Gasteiger partial charge in [0.1, 0.15) is 5.75 Å². The van der Waals surface area contributed by atoms with Crippen molar-refractivity contribution >= 4 is 11.7 Å². The van der Waals surface area contributed by atoms with Crippen molar-refractivity contribution < 1.29 is 18.7 Å². The van der Waals surface area contributed by atoms with Crippen molar-refractivity contribution in [3.05, 3.63) is 53.3 Å². The van der Waals surface area contributed by atoms with E-state index in [4.69, 9.17) is 10.5 Å². The molecule has 0 aliphatic rings. The molecule has 0 bridgehead atoms. The van der Waals surface area contributed by atoms with Crippen LogP contribution in [0.4, 0.5) is 10.1 Å². The molecule has 0 aliphatic heterocycles. The van der Waals surface area contributed by atoms with Crippen molar-refractivity contribution in [1.82, 2.24) is 0 Å². The Hall–Kier alpha value is -2.56. The number of nitrogen functional groups attached to an aromatic ring is 1. The molecule has 104 valence electrons. The predicted octanol–water partition coefficient (Wildman–Crippen LogP) is 3.30. The molecule has 0 radical (unpaired) electrons. The molecule has 2 aromatic rings. The van der Waals surface area contributed by atoms with Crippen molar-refractivity contribution in [2.75, 3.05) is 12.8 Å². The second-order valence-corrected chi connectivity index (χ2v) is 4.28. The van der Waals surface area contributed by atoms with Crippen LogP contribution in [-0.2, 0) is 4.74 Å². The normalized spacial score (nSPS) is 10.2. The number of ether oxygens (including phenoxy) is 2. The highest BCUT2D eigenvalue weighted by molar-refractivity contribution is 5.95. The van der Waals surface area contributed by atoms with Crippen LogP contribution in [0.1, 0.15) is 15.9 Å². The van der Waals surface area contributed by atoms with Crippen molar-refractivity contribution in [1.29, 1.82) is 0 Å². The van der Waals surface area contributed by atoms with Crippen LogP contribution in [0.3, 0.4) is 0 Å². The number of aryl methyl sites for hydroxylation is 1. The third kappa shape index (κ3) is 2.88. The minimum absolute atomic E-state index is 0.00519. The minimum Gasteiger partial charge on any atom is -0.465 e. The second kappa shape index (κ2) is 5.61. The van der Waals surface area contributed by atoms with E-state index in [1.165, 1.54) is 13.2 Å². The van der Waals surface area contributed by atoms with Crippen molar-refractivity contribution in [2.45, 2.75) is 6.92 Å². The summed E-state index contributed by atoms with van der Waals surface area (Å²) in [4.78, 5) is 11.5. The van der Waals surface area contributed by atoms with Gasteiger partial charge in [-0.15, -0.1) is 0 Å². The zero-order chi connectivity index (χ0) is 14.7. The summed E-state index contributed by atoms with van der Waals surface area (Å²) in [6.45, 7) is 1.93.